The van der Waals surface area contributed by atoms with Gasteiger partial charge in [0.25, 0.3) is 5.92 Å². The van der Waals surface area contributed by atoms with Crippen molar-refractivity contribution in [2.45, 2.75) is 108 Å². The van der Waals surface area contributed by atoms with Gasteiger partial charge in [-0.05, 0) is 86.4 Å². The number of β-amino-alcohol motifs (C(OH)–C–C–N with tert-alkyl or cyclic N) is 1. The molecule has 2 amide bonds. The number of carbonyl (C=O) groups is 2. The van der Waals surface area contributed by atoms with Gasteiger partial charge in [0.2, 0.25) is 17.7 Å². The molecule has 0 saturated carbocycles. The van der Waals surface area contributed by atoms with Gasteiger partial charge in [0.15, 0.2) is 23.5 Å². The summed E-state index contributed by atoms with van der Waals surface area (Å²) in [4.78, 5) is 42.2. The number of fused-ring (bicyclic) bond motifs is 2. The molecule has 5 aromatic rings. The lowest BCUT2D eigenvalue weighted by Gasteiger charge is -2.43. The number of nitrogen functional groups attached to an aromatic ring is 1. The number of halogens is 2. The first-order valence-electron chi connectivity index (χ1n) is 25.8. The zero-order chi connectivity index (χ0) is 51.8. The number of ether oxygens (including phenoxy) is 1. The molecule has 5 fully saturated rings. The molecule has 0 radical (unpaired) electrons. The summed E-state index contributed by atoms with van der Waals surface area (Å²) in [5.41, 5.74) is 10.4. The van der Waals surface area contributed by atoms with Gasteiger partial charge in [-0.15, -0.1) is 10.2 Å². The fraction of sp³-hybridized carbons (Fsp3) is 0.500. The summed E-state index contributed by atoms with van der Waals surface area (Å²) in [6, 6.07) is 22.3. The maximum atomic E-state index is 16.0. The number of rotatable bonds is 14. The number of pyridine rings is 1. The minimum atomic E-state index is -3.10. The lowest BCUT2D eigenvalue weighted by Crippen LogP contribution is -2.55. The third kappa shape index (κ3) is 10.5. The van der Waals surface area contributed by atoms with E-state index in [1.165, 1.54) is 4.90 Å². The molecule has 2 aromatic carbocycles. The number of anilines is 4. The first-order valence-corrected chi connectivity index (χ1v) is 25.8. The molecule has 8 heterocycles. The van der Waals surface area contributed by atoms with E-state index < -0.39 is 42.7 Å². The average molecular weight is 1020 g/mol. The fourth-order valence-corrected chi connectivity index (χ4v) is 11.8. The SMILES string of the molecule is CC(C)[C@@H](C(=O)N1C[C@H](O)C[C@H]1C(=O)N[C@@H](C)c1ccc(C#N)cc1)c1cc(N2CCC(CN3CC[C@H](Oc4cc(N5C6CCC5CN(c5cc(-c7ccccc7O)nnc5N)C6)ccn4)C(F)(F)C3)CC2)no1. The number of nitrogens with zero attached hydrogens (tertiary/aromatic N) is 10. The highest BCUT2D eigenvalue weighted by molar-refractivity contribution is 5.91. The van der Waals surface area contributed by atoms with Crippen molar-refractivity contribution < 1.29 is 37.8 Å². The first-order chi connectivity index (χ1) is 35.6. The second-order valence-corrected chi connectivity index (χ2v) is 21.1. The Morgan fingerprint density at radius 2 is 1.69 bits per heavy atom. The number of phenolic OH excluding ortho intramolecular Hbond substituents is 1. The van der Waals surface area contributed by atoms with Gasteiger partial charge in [-0.2, -0.15) is 5.26 Å². The van der Waals surface area contributed by atoms with Gasteiger partial charge < -0.3 is 50.1 Å². The van der Waals surface area contributed by atoms with Crippen LogP contribution in [0.25, 0.3) is 11.3 Å². The number of nitrogens with two attached hydrogens (primary N) is 1. The number of piperazine rings is 1. The van der Waals surface area contributed by atoms with Crippen molar-refractivity contribution in [3.8, 4) is 29.0 Å². The number of aromatic hydroxyl groups is 1. The standard InChI is InChI=1S/C54H64F2N12O6/c1-32(2)50(53(72)67-30-40(69)23-44(67)52(71)60-33(3)36-10-8-34(26-57)9-11-36)46-25-48(63-74-46)65-20-15-35(16-21-65)27-64-19-17-47(54(55,56)31-64)73-49-22-37(14-18-59-49)68-38-12-13-39(68)29-66(28-38)43-24-42(61-62-51(43)58)41-6-4-5-7-45(41)70/h4-11,14,18,22,24-25,32-33,35,38-40,44,47,50,69-70H,12-13,15-17,19-21,23,27-31H2,1-3H3,(H2,58,62)(H,60,71)/t33-,38?,39?,40+,44-,47-,50+/m0/s1. The monoisotopic (exact) mass is 1010 g/mol. The van der Waals surface area contributed by atoms with Crippen LogP contribution in [0.1, 0.15) is 88.1 Å². The number of nitrogens with one attached hydrogen (secondary N) is 1. The number of aliphatic hydroxyl groups excluding tert-OH is 1. The molecular formula is C54H64F2N12O6. The molecule has 74 heavy (non-hydrogen) atoms. The zero-order valence-electron chi connectivity index (χ0n) is 41.9. The Balaban J connectivity index is 0.706. The first kappa shape index (κ1) is 50.4. The lowest BCUT2D eigenvalue weighted by atomic mass is 9.91. The third-order valence-corrected chi connectivity index (χ3v) is 15.7. The van der Waals surface area contributed by atoms with E-state index in [4.69, 9.17) is 20.3 Å². The average Bonchev–Trinajstić information content (AvgIpc) is 4.10. The number of nitriles is 1. The van der Waals surface area contributed by atoms with Crippen LogP contribution in [0.15, 0.2) is 83.5 Å². The highest BCUT2D eigenvalue weighted by atomic mass is 19.3. The molecule has 0 aliphatic carbocycles. The van der Waals surface area contributed by atoms with Gasteiger partial charge in [0.05, 0.1) is 41.7 Å². The molecule has 5 N–H and O–H groups in total. The van der Waals surface area contributed by atoms with Gasteiger partial charge in [0, 0.05) is 100 Å². The van der Waals surface area contributed by atoms with Crippen molar-refractivity contribution in [3.05, 3.63) is 95.9 Å². The number of benzene rings is 2. The number of amides is 2. The van der Waals surface area contributed by atoms with Gasteiger partial charge in [-0.3, -0.25) is 14.5 Å². The zero-order valence-corrected chi connectivity index (χ0v) is 41.9. The summed E-state index contributed by atoms with van der Waals surface area (Å²) in [7, 11) is 0. The van der Waals surface area contributed by atoms with Gasteiger partial charge in [-0.25, -0.2) is 13.8 Å². The molecule has 7 atom stereocenters. The summed E-state index contributed by atoms with van der Waals surface area (Å²) in [5, 5.41) is 46.1. The van der Waals surface area contributed by atoms with E-state index in [9.17, 15) is 19.8 Å². The predicted octanol–water partition coefficient (Wildman–Crippen LogP) is 6.13. The van der Waals surface area contributed by atoms with Gasteiger partial charge >= 0.3 is 0 Å². The largest absolute Gasteiger partial charge is 0.507 e. The van der Waals surface area contributed by atoms with Crippen molar-refractivity contribution >= 4 is 34.8 Å². The van der Waals surface area contributed by atoms with E-state index in [0.717, 1.165) is 42.6 Å². The third-order valence-electron chi connectivity index (χ3n) is 15.7. The Morgan fingerprint density at radius 3 is 2.39 bits per heavy atom. The maximum Gasteiger partial charge on any atom is 0.296 e. The Kier molecular flexibility index (Phi) is 14.3. The lowest BCUT2D eigenvalue weighted by molar-refractivity contribution is -0.142. The molecule has 20 heteroatoms. The number of aliphatic hydroxyl groups is 1. The second-order valence-electron chi connectivity index (χ2n) is 21.1. The van der Waals surface area contributed by atoms with Crippen LogP contribution in [0.5, 0.6) is 11.6 Å². The van der Waals surface area contributed by atoms with Crippen molar-refractivity contribution in [1.82, 2.24) is 35.5 Å². The van der Waals surface area contributed by atoms with E-state index in [0.29, 0.717) is 73.5 Å². The Bertz CT molecular complexity index is 2840. The summed E-state index contributed by atoms with van der Waals surface area (Å²) in [6.07, 6.45) is 3.12. The van der Waals surface area contributed by atoms with Crippen molar-refractivity contribution in [2.75, 3.05) is 72.8 Å². The topological polar surface area (TPSA) is 227 Å². The maximum absolute atomic E-state index is 16.0. The Labute approximate surface area is 429 Å². The van der Waals surface area contributed by atoms with Crippen LogP contribution in [0, 0.1) is 23.2 Å². The Hall–Kier alpha value is -7.11. The quantitative estimate of drug-likeness (QED) is 0.0982. The molecule has 18 nitrogen and oxygen atoms in total. The Morgan fingerprint density at radius 1 is 0.946 bits per heavy atom. The fourth-order valence-electron chi connectivity index (χ4n) is 11.8. The molecule has 0 spiro atoms. The van der Waals surface area contributed by atoms with E-state index in [1.54, 1.807) is 60.8 Å². The minimum Gasteiger partial charge on any atom is -0.507 e. The molecule has 390 valence electrons. The number of hydrogen-bond acceptors (Lipinski definition) is 16. The predicted molar refractivity (Wildman–Crippen MR) is 273 cm³/mol. The molecule has 5 saturated heterocycles. The molecule has 5 aliphatic rings. The van der Waals surface area contributed by atoms with Crippen molar-refractivity contribution in [1.29, 1.82) is 5.26 Å². The normalized spacial score (nSPS) is 23.9. The summed E-state index contributed by atoms with van der Waals surface area (Å²) >= 11 is 0. The van der Waals surface area contributed by atoms with Gasteiger partial charge in [-0.1, -0.05) is 43.3 Å². The number of likely N-dealkylation sites (tertiary alicyclic amines) is 2. The number of phenols is 1. The van der Waals surface area contributed by atoms with Crippen LogP contribution in [0.4, 0.5) is 31.8 Å². The number of para-hydroxylation sites is 1. The molecule has 3 aromatic heterocycles. The van der Waals surface area contributed by atoms with E-state index in [-0.39, 0.29) is 66.7 Å². The molecule has 2 unspecified atom stereocenters. The minimum absolute atomic E-state index is 0.0115. The smallest absolute Gasteiger partial charge is 0.296 e. The summed E-state index contributed by atoms with van der Waals surface area (Å²) in [5.74, 6) is -3.00. The van der Waals surface area contributed by atoms with Crippen LogP contribution in [-0.2, 0) is 9.59 Å². The number of hydrogen-bond donors (Lipinski definition) is 4. The molecule has 5 aliphatic heterocycles. The van der Waals surface area contributed by atoms with E-state index >= 15 is 8.78 Å². The van der Waals surface area contributed by atoms with Crippen LogP contribution < -0.4 is 30.5 Å². The van der Waals surface area contributed by atoms with Crippen molar-refractivity contribution in [3.63, 3.8) is 0 Å². The van der Waals surface area contributed by atoms with Crippen LogP contribution in [0.2, 0.25) is 0 Å². The molecular weight excluding hydrogens is 951 g/mol. The molecule has 2 bridgehead atoms. The highest BCUT2D eigenvalue weighted by Crippen LogP contribution is 2.41. The number of aromatic nitrogens is 4. The van der Waals surface area contributed by atoms with E-state index in [1.807, 2.05) is 43.9 Å². The summed E-state index contributed by atoms with van der Waals surface area (Å²) < 4.78 is 43.9. The van der Waals surface area contributed by atoms with Gasteiger partial charge in [0.1, 0.15) is 17.7 Å². The summed E-state index contributed by atoms with van der Waals surface area (Å²) in [6.45, 7) is 8.86. The number of carbonyl (C=O) groups excluding carboxylic acids is 2. The van der Waals surface area contributed by atoms with Crippen molar-refractivity contribution in [2.24, 2.45) is 11.8 Å². The number of piperidine rings is 2. The second kappa shape index (κ2) is 21.0. The van der Waals surface area contributed by atoms with Crippen LogP contribution >= 0.6 is 0 Å². The number of alkyl halides is 2. The van der Waals surface area contributed by atoms with Crippen LogP contribution in [-0.4, -0.2) is 141 Å². The highest BCUT2D eigenvalue weighted by Gasteiger charge is 2.48. The van der Waals surface area contributed by atoms with E-state index in [2.05, 4.69) is 46.4 Å². The van der Waals surface area contributed by atoms with Crippen LogP contribution in [0.3, 0.4) is 0 Å². The molecule has 10 rings (SSSR count).